The highest BCUT2D eigenvalue weighted by Crippen LogP contribution is 2.49. The van der Waals surface area contributed by atoms with E-state index in [-0.39, 0.29) is 0 Å². The Bertz CT molecular complexity index is 350. The second kappa shape index (κ2) is 5.21. The first-order valence-corrected chi connectivity index (χ1v) is 6.94. The van der Waals surface area contributed by atoms with Gasteiger partial charge in [0.25, 0.3) is 0 Å². The number of rotatable bonds is 5. The van der Waals surface area contributed by atoms with E-state index in [1.807, 2.05) is 6.33 Å². The van der Waals surface area contributed by atoms with Gasteiger partial charge in [-0.05, 0) is 38.6 Å². The molecular formula is C14H25N3. The van der Waals surface area contributed by atoms with Crippen molar-refractivity contribution in [2.45, 2.75) is 58.5 Å². The van der Waals surface area contributed by atoms with Gasteiger partial charge < -0.3 is 9.88 Å². The number of nitrogens with one attached hydrogen (secondary N) is 1. The number of imidazole rings is 1. The van der Waals surface area contributed by atoms with Crippen LogP contribution in [-0.4, -0.2) is 16.6 Å². The summed E-state index contributed by atoms with van der Waals surface area (Å²) in [5.41, 5.74) is 1.65. The Hall–Kier alpha value is -0.830. The zero-order chi connectivity index (χ0) is 12.3. The van der Waals surface area contributed by atoms with E-state index in [4.69, 9.17) is 0 Å². The number of aromatic nitrogens is 2. The molecule has 0 bridgehead atoms. The Morgan fingerprint density at radius 1 is 1.41 bits per heavy atom. The van der Waals surface area contributed by atoms with Crippen molar-refractivity contribution in [2.75, 3.05) is 7.05 Å². The van der Waals surface area contributed by atoms with Crippen molar-refractivity contribution < 1.29 is 0 Å². The summed E-state index contributed by atoms with van der Waals surface area (Å²) in [6.07, 6.45) is 10.8. The molecule has 0 radical (unpaired) electrons. The predicted molar refractivity (Wildman–Crippen MR) is 70.9 cm³/mol. The monoisotopic (exact) mass is 235 g/mol. The third kappa shape index (κ3) is 2.25. The molecule has 1 aromatic rings. The van der Waals surface area contributed by atoms with Crippen LogP contribution in [0.15, 0.2) is 12.5 Å². The smallest absolute Gasteiger partial charge is 0.0950 e. The summed E-state index contributed by atoms with van der Waals surface area (Å²) in [6.45, 7) is 5.49. The van der Waals surface area contributed by atoms with E-state index in [0.29, 0.717) is 11.5 Å². The van der Waals surface area contributed by atoms with Crippen LogP contribution in [0.3, 0.4) is 0 Å². The van der Waals surface area contributed by atoms with Gasteiger partial charge in [0.15, 0.2) is 0 Å². The average molecular weight is 235 g/mol. The summed E-state index contributed by atoms with van der Waals surface area (Å²) < 4.78 is 2.16. The lowest BCUT2D eigenvalue weighted by Gasteiger charge is -2.35. The number of aryl methyl sites for hydroxylation is 1. The zero-order valence-electron chi connectivity index (χ0n) is 11.4. The molecule has 96 valence electrons. The Morgan fingerprint density at radius 3 is 2.59 bits per heavy atom. The van der Waals surface area contributed by atoms with Crippen LogP contribution >= 0.6 is 0 Å². The summed E-state index contributed by atoms with van der Waals surface area (Å²) >= 11 is 0. The molecule has 0 aromatic carbocycles. The topological polar surface area (TPSA) is 29.9 Å². The molecule has 0 saturated heterocycles. The van der Waals surface area contributed by atoms with Crippen LogP contribution in [0.1, 0.15) is 57.7 Å². The fourth-order valence-electron chi connectivity index (χ4n) is 3.39. The van der Waals surface area contributed by atoms with Gasteiger partial charge >= 0.3 is 0 Å². The van der Waals surface area contributed by atoms with Crippen molar-refractivity contribution in [1.82, 2.24) is 14.9 Å². The summed E-state index contributed by atoms with van der Waals surface area (Å²) in [5, 5.41) is 3.51. The standard InChI is InChI=1S/C14H25N3/c1-4-14(8-6-7-9-14)13(15-3)12-10-17(5-2)11-16-12/h10-11,13,15H,4-9H2,1-3H3. The van der Waals surface area contributed by atoms with Gasteiger partial charge in [0.1, 0.15) is 0 Å². The first kappa shape index (κ1) is 12.6. The van der Waals surface area contributed by atoms with Crippen LogP contribution in [0.5, 0.6) is 0 Å². The van der Waals surface area contributed by atoms with Gasteiger partial charge in [0, 0.05) is 12.7 Å². The maximum atomic E-state index is 4.60. The van der Waals surface area contributed by atoms with Crippen LogP contribution in [0.4, 0.5) is 0 Å². The molecule has 2 rings (SSSR count). The molecule has 1 aliphatic carbocycles. The van der Waals surface area contributed by atoms with Crippen molar-refractivity contribution in [2.24, 2.45) is 5.41 Å². The van der Waals surface area contributed by atoms with Crippen LogP contribution in [-0.2, 0) is 6.54 Å². The molecule has 0 amide bonds. The summed E-state index contributed by atoms with van der Waals surface area (Å²) in [4.78, 5) is 4.60. The highest BCUT2D eigenvalue weighted by molar-refractivity contribution is 5.11. The summed E-state index contributed by atoms with van der Waals surface area (Å²) in [7, 11) is 2.07. The van der Waals surface area contributed by atoms with E-state index in [1.165, 1.54) is 37.8 Å². The number of nitrogens with zero attached hydrogens (tertiary/aromatic N) is 2. The number of hydrogen-bond acceptors (Lipinski definition) is 2. The third-order valence-electron chi connectivity index (χ3n) is 4.52. The molecule has 1 fully saturated rings. The van der Waals surface area contributed by atoms with E-state index < -0.39 is 0 Å². The minimum atomic E-state index is 0.419. The van der Waals surface area contributed by atoms with Crippen LogP contribution in [0.25, 0.3) is 0 Å². The zero-order valence-corrected chi connectivity index (χ0v) is 11.4. The minimum Gasteiger partial charge on any atom is -0.337 e. The first-order chi connectivity index (χ1) is 8.25. The van der Waals surface area contributed by atoms with Gasteiger partial charge in [-0.2, -0.15) is 0 Å². The molecule has 1 aliphatic rings. The molecule has 17 heavy (non-hydrogen) atoms. The Labute approximate surface area is 105 Å². The van der Waals surface area contributed by atoms with Gasteiger partial charge in [-0.15, -0.1) is 0 Å². The molecule has 1 atom stereocenters. The van der Waals surface area contributed by atoms with Crippen LogP contribution in [0, 0.1) is 5.41 Å². The lowest BCUT2D eigenvalue weighted by Crippen LogP contribution is -2.34. The molecule has 1 aromatic heterocycles. The summed E-state index contributed by atoms with van der Waals surface area (Å²) in [5.74, 6) is 0. The van der Waals surface area contributed by atoms with Crippen molar-refractivity contribution in [3.05, 3.63) is 18.2 Å². The maximum Gasteiger partial charge on any atom is 0.0950 e. The number of hydrogen-bond donors (Lipinski definition) is 1. The molecule has 3 nitrogen and oxygen atoms in total. The second-order valence-corrected chi connectivity index (χ2v) is 5.27. The third-order valence-corrected chi connectivity index (χ3v) is 4.52. The van der Waals surface area contributed by atoms with Gasteiger partial charge in [-0.3, -0.25) is 0 Å². The quantitative estimate of drug-likeness (QED) is 0.849. The van der Waals surface area contributed by atoms with Crippen molar-refractivity contribution in [3.63, 3.8) is 0 Å². The molecule has 1 unspecified atom stereocenters. The van der Waals surface area contributed by atoms with Crippen molar-refractivity contribution >= 4 is 0 Å². The molecule has 1 saturated carbocycles. The van der Waals surface area contributed by atoms with E-state index >= 15 is 0 Å². The van der Waals surface area contributed by atoms with Gasteiger partial charge in [-0.1, -0.05) is 19.8 Å². The van der Waals surface area contributed by atoms with Crippen molar-refractivity contribution in [1.29, 1.82) is 0 Å². The molecule has 1 N–H and O–H groups in total. The molecule has 1 heterocycles. The fourth-order valence-corrected chi connectivity index (χ4v) is 3.39. The van der Waals surface area contributed by atoms with Crippen molar-refractivity contribution in [3.8, 4) is 0 Å². The lowest BCUT2D eigenvalue weighted by molar-refractivity contribution is 0.192. The van der Waals surface area contributed by atoms with E-state index in [9.17, 15) is 0 Å². The minimum absolute atomic E-state index is 0.419. The lowest BCUT2D eigenvalue weighted by atomic mass is 9.75. The van der Waals surface area contributed by atoms with Gasteiger partial charge in [0.2, 0.25) is 0 Å². The molecule has 3 heteroatoms. The first-order valence-electron chi connectivity index (χ1n) is 6.94. The van der Waals surface area contributed by atoms with E-state index in [1.54, 1.807) is 0 Å². The van der Waals surface area contributed by atoms with Gasteiger partial charge in [0.05, 0.1) is 18.1 Å². The fraction of sp³-hybridized carbons (Fsp3) is 0.786. The largest absolute Gasteiger partial charge is 0.337 e. The molecular weight excluding hydrogens is 210 g/mol. The predicted octanol–water partition coefficient (Wildman–Crippen LogP) is 3.13. The second-order valence-electron chi connectivity index (χ2n) is 5.27. The molecule has 0 spiro atoms. The molecule has 0 aliphatic heterocycles. The van der Waals surface area contributed by atoms with Crippen LogP contribution < -0.4 is 5.32 Å². The average Bonchev–Trinajstić information content (AvgIpc) is 3.00. The van der Waals surface area contributed by atoms with Crippen LogP contribution in [0.2, 0.25) is 0 Å². The maximum absolute atomic E-state index is 4.60. The van der Waals surface area contributed by atoms with E-state index in [2.05, 4.69) is 42.0 Å². The van der Waals surface area contributed by atoms with E-state index in [0.717, 1.165) is 6.54 Å². The Kier molecular flexibility index (Phi) is 3.87. The van der Waals surface area contributed by atoms with Gasteiger partial charge in [-0.25, -0.2) is 4.98 Å². The highest BCUT2D eigenvalue weighted by atomic mass is 15.1. The summed E-state index contributed by atoms with van der Waals surface area (Å²) in [6, 6.07) is 0.419. The Morgan fingerprint density at radius 2 is 2.12 bits per heavy atom. The normalized spacial score (nSPS) is 20.6. The SMILES string of the molecule is CCn1cnc(C(NC)C2(CC)CCCC2)c1. The highest BCUT2D eigenvalue weighted by Gasteiger charge is 2.40. The Balaban J connectivity index is 2.25.